The van der Waals surface area contributed by atoms with Crippen LogP contribution in [0.1, 0.15) is 84.5 Å². The van der Waals surface area contributed by atoms with Crippen LogP contribution in [0.15, 0.2) is 0 Å². The van der Waals surface area contributed by atoms with Crippen molar-refractivity contribution in [3.05, 3.63) is 0 Å². The van der Waals surface area contributed by atoms with E-state index in [1.165, 1.54) is 57.8 Å². The van der Waals surface area contributed by atoms with E-state index in [0.717, 1.165) is 18.8 Å². The molecule has 0 rings (SSSR count). The number of unbranched alkanes of at least 4 members (excludes halogenated alkanes) is 5. The van der Waals surface area contributed by atoms with Crippen LogP contribution in [0.25, 0.3) is 0 Å². The maximum Gasteiger partial charge on any atom is 0.0822 e. The highest BCUT2D eigenvalue weighted by Gasteiger charge is 2.06. The molecule has 0 aromatic heterocycles. The molecule has 0 N–H and O–H groups in total. The molecule has 0 saturated carbocycles. The predicted octanol–water partition coefficient (Wildman–Crippen LogP) is 5.36. The number of hydrogen-bond donors (Lipinski definition) is 0. The summed E-state index contributed by atoms with van der Waals surface area (Å²) in [6.07, 6.45) is 14.4. The summed E-state index contributed by atoms with van der Waals surface area (Å²) in [6.45, 7) is 4.69. The van der Waals surface area contributed by atoms with E-state index < -0.39 is 0 Å². The van der Waals surface area contributed by atoms with Crippen LogP contribution in [0.2, 0.25) is 0 Å². The van der Waals surface area contributed by atoms with Crippen molar-refractivity contribution in [2.45, 2.75) is 84.5 Å². The van der Waals surface area contributed by atoms with Crippen LogP contribution in [-0.2, 0) is 5.11 Å². The molecule has 1 atom stereocenters. The van der Waals surface area contributed by atoms with Crippen molar-refractivity contribution in [1.29, 1.82) is 0 Å². The van der Waals surface area contributed by atoms with Gasteiger partial charge in [0.15, 0.2) is 0 Å². The average molecular weight is 227 g/mol. The first kappa shape index (κ1) is 16.0. The van der Waals surface area contributed by atoms with Crippen molar-refractivity contribution in [1.82, 2.24) is 0 Å². The molecular weight excluding hydrogens is 196 g/mol. The molecule has 1 radical (unpaired) electrons. The molecule has 0 aliphatic heterocycles. The minimum Gasteiger partial charge on any atom is -0.237 e. The molecule has 97 valence electrons. The van der Waals surface area contributed by atoms with E-state index in [9.17, 15) is 5.11 Å². The predicted molar refractivity (Wildman–Crippen MR) is 71.2 cm³/mol. The van der Waals surface area contributed by atoms with Gasteiger partial charge in [0.05, 0.1) is 6.61 Å². The Balaban J connectivity index is 3.43. The summed E-state index contributed by atoms with van der Waals surface area (Å²) in [5.74, 6) is 0.962. The summed E-state index contributed by atoms with van der Waals surface area (Å²) in [7, 11) is 0. The average Bonchev–Trinajstić information content (AvgIpc) is 2.29. The summed E-state index contributed by atoms with van der Waals surface area (Å²) in [5.41, 5.74) is 0. The fraction of sp³-hybridized carbons (Fsp3) is 1.00. The first-order chi connectivity index (χ1) is 7.85. The van der Waals surface area contributed by atoms with Crippen molar-refractivity contribution >= 4 is 0 Å². The van der Waals surface area contributed by atoms with Gasteiger partial charge in [-0.3, -0.25) is 0 Å². The molecule has 0 saturated heterocycles. The van der Waals surface area contributed by atoms with Crippen LogP contribution in [-0.4, -0.2) is 6.61 Å². The van der Waals surface area contributed by atoms with Gasteiger partial charge in [-0.2, -0.15) is 0 Å². The van der Waals surface area contributed by atoms with Gasteiger partial charge in [0.25, 0.3) is 0 Å². The van der Waals surface area contributed by atoms with Gasteiger partial charge >= 0.3 is 0 Å². The Morgan fingerprint density at radius 2 is 1.31 bits per heavy atom. The maximum atomic E-state index is 10.3. The lowest BCUT2D eigenvalue weighted by atomic mass is 9.91. The topological polar surface area (TPSA) is 19.9 Å². The smallest absolute Gasteiger partial charge is 0.0822 e. The molecule has 0 amide bonds. The maximum absolute atomic E-state index is 10.3. The molecule has 0 aliphatic carbocycles. The highest BCUT2D eigenvalue weighted by atomic mass is 16.2. The number of rotatable bonds is 12. The molecule has 0 aliphatic rings. The molecule has 0 heterocycles. The van der Waals surface area contributed by atoms with Gasteiger partial charge in [0, 0.05) is 0 Å². The van der Waals surface area contributed by atoms with Gasteiger partial charge in [0.2, 0.25) is 0 Å². The summed E-state index contributed by atoms with van der Waals surface area (Å²) in [6, 6.07) is 0. The molecule has 0 fully saturated rings. The largest absolute Gasteiger partial charge is 0.237 e. The Morgan fingerprint density at radius 3 is 1.88 bits per heavy atom. The van der Waals surface area contributed by atoms with Crippen LogP contribution < -0.4 is 0 Å². The Bertz CT molecular complexity index is 123. The number of hydrogen-bond acceptors (Lipinski definition) is 0. The lowest BCUT2D eigenvalue weighted by Crippen LogP contribution is -2.00. The van der Waals surface area contributed by atoms with Crippen molar-refractivity contribution in [2.24, 2.45) is 5.92 Å². The van der Waals surface area contributed by atoms with E-state index in [1.54, 1.807) is 0 Å². The van der Waals surface area contributed by atoms with Gasteiger partial charge in [0.1, 0.15) is 0 Å². The quantitative estimate of drug-likeness (QED) is 0.400. The SMILES string of the molecule is CCCCCC(CCC)CCCCCC[O]. The first-order valence-corrected chi connectivity index (χ1v) is 7.43. The summed E-state index contributed by atoms with van der Waals surface area (Å²) >= 11 is 0. The molecule has 0 spiro atoms. The lowest BCUT2D eigenvalue weighted by molar-refractivity contribution is 0.185. The molecule has 1 heteroatoms. The normalized spacial score (nSPS) is 12.9. The Labute approximate surface area is 103 Å². The van der Waals surface area contributed by atoms with Crippen molar-refractivity contribution in [2.75, 3.05) is 6.61 Å². The van der Waals surface area contributed by atoms with Crippen molar-refractivity contribution in [3.8, 4) is 0 Å². The van der Waals surface area contributed by atoms with E-state index in [4.69, 9.17) is 0 Å². The van der Waals surface area contributed by atoms with Gasteiger partial charge < -0.3 is 0 Å². The molecule has 16 heavy (non-hydrogen) atoms. The zero-order valence-corrected chi connectivity index (χ0v) is 11.5. The van der Waals surface area contributed by atoms with E-state index in [0.29, 0.717) is 0 Å². The van der Waals surface area contributed by atoms with Crippen LogP contribution in [0.3, 0.4) is 0 Å². The molecule has 1 unspecified atom stereocenters. The molecule has 0 aromatic rings. The zero-order chi connectivity index (χ0) is 12.1. The van der Waals surface area contributed by atoms with Crippen molar-refractivity contribution < 1.29 is 5.11 Å². The van der Waals surface area contributed by atoms with E-state index in [1.807, 2.05) is 0 Å². The lowest BCUT2D eigenvalue weighted by Gasteiger charge is -2.15. The summed E-state index contributed by atoms with van der Waals surface area (Å²) < 4.78 is 0. The third-order valence-electron chi connectivity index (χ3n) is 3.42. The van der Waals surface area contributed by atoms with Crippen LogP contribution in [0.4, 0.5) is 0 Å². The van der Waals surface area contributed by atoms with E-state index >= 15 is 0 Å². The Morgan fingerprint density at radius 1 is 0.688 bits per heavy atom. The third-order valence-corrected chi connectivity index (χ3v) is 3.42. The Hall–Kier alpha value is -0.0400. The monoisotopic (exact) mass is 227 g/mol. The first-order valence-electron chi connectivity index (χ1n) is 7.43. The van der Waals surface area contributed by atoms with Crippen LogP contribution in [0.5, 0.6) is 0 Å². The second-order valence-corrected chi connectivity index (χ2v) is 5.06. The molecular formula is C15H31O. The molecule has 0 bridgehead atoms. The standard InChI is InChI=1S/C15H31O/c1-3-5-8-12-15(11-4-2)13-9-6-7-10-14-16/h15H,3-14H2,1-2H3. The minimum atomic E-state index is 0.120. The van der Waals surface area contributed by atoms with Gasteiger partial charge in [-0.1, -0.05) is 78.1 Å². The van der Waals surface area contributed by atoms with Gasteiger partial charge in [-0.05, 0) is 12.3 Å². The third kappa shape index (κ3) is 10.5. The second kappa shape index (κ2) is 13.0. The van der Waals surface area contributed by atoms with Gasteiger partial charge in [-0.15, -0.1) is 0 Å². The highest BCUT2D eigenvalue weighted by Crippen LogP contribution is 2.22. The van der Waals surface area contributed by atoms with E-state index in [-0.39, 0.29) is 6.61 Å². The fourth-order valence-corrected chi connectivity index (χ4v) is 2.41. The van der Waals surface area contributed by atoms with E-state index in [2.05, 4.69) is 13.8 Å². The zero-order valence-electron chi connectivity index (χ0n) is 11.5. The Kier molecular flexibility index (Phi) is 13.0. The second-order valence-electron chi connectivity index (χ2n) is 5.06. The van der Waals surface area contributed by atoms with Crippen LogP contribution >= 0.6 is 0 Å². The van der Waals surface area contributed by atoms with Crippen molar-refractivity contribution in [3.63, 3.8) is 0 Å². The molecule has 0 aromatic carbocycles. The minimum absolute atomic E-state index is 0.120. The highest BCUT2D eigenvalue weighted by molar-refractivity contribution is 4.60. The summed E-state index contributed by atoms with van der Waals surface area (Å²) in [4.78, 5) is 0. The molecule has 1 nitrogen and oxygen atoms in total. The van der Waals surface area contributed by atoms with Gasteiger partial charge in [-0.25, -0.2) is 5.11 Å². The van der Waals surface area contributed by atoms with Crippen LogP contribution in [0, 0.1) is 5.92 Å². The fourth-order valence-electron chi connectivity index (χ4n) is 2.41. The summed E-state index contributed by atoms with van der Waals surface area (Å²) in [5, 5.41) is 10.3.